The Morgan fingerprint density at radius 1 is 0.974 bits per heavy atom. The highest BCUT2D eigenvalue weighted by molar-refractivity contribution is 6.46. The highest BCUT2D eigenvalue weighted by Crippen LogP contribution is 2.40. The van der Waals surface area contributed by atoms with Crippen LogP contribution in [0, 0.1) is 6.92 Å². The fourth-order valence-electron chi connectivity index (χ4n) is 4.54. The van der Waals surface area contributed by atoms with Crippen molar-refractivity contribution in [1.29, 1.82) is 0 Å². The third-order valence-electron chi connectivity index (χ3n) is 6.63. The van der Waals surface area contributed by atoms with Gasteiger partial charge < -0.3 is 24.2 Å². The van der Waals surface area contributed by atoms with Crippen LogP contribution in [0.15, 0.2) is 91.0 Å². The lowest BCUT2D eigenvalue weighted by Crippen LogP contribution is -2.31. The molecule has 1 atom stereocenters. The van der Waals surface area contributed by atoms with Gasteiger partial charge in [-0.05, 0) is 66.4 Å². The number of aryl methyl sites for hydroxylation is 1. The Morgan fingerprint density at radius 2 is 1.64 bits per heavy atom. The van der Waals surface area contributed by atoms with E-state index in [2.05, 4.69) is 6.58 Å². The Kier molecular flexibility index (Phi) is 9.18. The first kappa shape index (κ1) is 27.7. The van der Waals surface area contributed by atoms with Crippen LogP contribution in [0.5, 0.6) is 11.5 Å². The van der Waals surface area contributed by atoms with Gasteiger partial charge in [0.05, 0.1) is 11.6 Å². The quantitative estimate of drug-likeness (QED) is 0.109. The van der Waals surface area contributed by atoms with E-state index in [1.54, 1.807) is 61.7 Å². The van der Waals surface area contributed by atoms with Crippen LogP contribution < -0.4 is 9.47 Å². The van der Waals surface area contributed by atoms with E-state index in [9.17, 15) is 14.7 Å². The number of likely N-dealkylation sites (tertiary alicyclic amines) is 1. The first-order chi connectivity index (χ1) is 18.9. The molecule has 0 radical (unpaired) electrons. The highest BCUT2D eigenvalue weighted by Gasteiger charge is 2.45. The third kappa shape index (κ3) is 6.38. The van der Waals surface area contributed by atoms with Crippen molar-refractivity contribution in [3.8, 4) is 11.5 Å². The fraction of sp³-hybridized carbons (Fsp3) is 0.250. The number of benzene rings is 3. The zero-order valence-corrected chi connectivity index (χ0v) is 22.3. The normalized spacial score (nSPS) is 16.4. The second-order valence-corrected chi connectivity index (χ2v) is 9.25. The van der Waals surface area contributed by atoms with E-state index in [4.69, 9.17) is 14.2 Å². The zero-order chi connectivity index (χ0) is 27.8. The molecule has 3 aromatic rings. The Morgan fingerprint density at radius 3 is 2.31 bits per heavy atom. The monoisotopic (exact) mass is 527 g/mol. The molecule has 0 bridgehead atoms. The second kappa shape index (κ2) is 12.9. The van der Waals surface area contributed by atoms with Crippen molar-refractivity contribution in [2.75, 3.05) is 26.9 Å². The van der Waals surface area contributed by atoms with Crippen LogP contribution in [0.1, 0.15) is 34.7 Å². The zero-order valence-electron chi connectivity index (χ0n) is 22.3. The largest absolute Gasteiger partial charge is 0.507 e. The summed E-state index contributed by atoms with van der Waals surface area (Å²) in [5, 5.41) is 11.3. The van der Waals surface area contributed by atoms with E-state index < -0.39 is 17.7 Å². The molecular weight excluding hydrogens is 494 g/mol. The number of aliphatic hydroxyl groups excluding tert-OH is 1. The summed E-state index contributed by atoms with van der Waals surface area (Å²) < 4.78 is 16.6. The average molecular weight is 528 g/mol. The van der Waals surface area contributed by atoms with E-state index in [0.717, 1.165) is 11.1 Å². The van der Waals surface area contributed by atoms with Gasteiger partial charge in [-0.3, -0.25) is 9.59 Å². The van der Waals surface area contributed by atoms with Crippen LogP contribution in [0.3, 0.4) is 0 Å². The summed E-state index contributed by atoms with van der Waals surface area (Å²) in [6.07, 6.45) is 2.20. The lowest BCUT2D eigenvalue weighted by atomic mass is 9.95. The van der Waals surface area contributed by atoms with E-state index >= 15 is 0 Å². The van der Waals surface area contributed by atoms with E-state index in [1.165, 1.54) is 4.90 Å². The minimum Gasteiger partial charge on any atom is -0.507 e. The molecule has 7 heteroatoms. The van der Waals surface area contributed by atoms with Gasteiger partial charge in [-0.1, -0.05) is 49.1 Å². The SMILES string of the molecule is C=CCOc1ccc(C2C(=C(O)c3ccc(OCc4ccccc4C)cc3)C(=O)C(=O)N2CCCOC)cc1. The van der Waals surface area contributed by atoms with Crippen molar-refractivity contribution in [2.45, 2.75) is 26.0 Å². The maximum Gasteiger partial charge on any atom is 0.295 e. The van der Waals surface area contributed by atoms with Crippen LogP contribution in [-0.2, 0) is 20.9 Å². The standard InChI is InChI=1S/C32H33NO6/c1-4-19-38-26-14-10-23(11-15-26)29-28(31(35)32(36)33(29)18-7-20-37-3)30(34)24-12-16-27(17-13-24)39-21-25-9-6-5-8-22(25)2/h4-6,8-17,29,34H,1,7,18-21H2,2-3H3. The number of carbonyl (C=O) groups is 2. The van der Waals surface area contributed by atoms with Crippen LogP contribution in [0.25, 0.3) is 5.76 Å². The van der Waals surface area contributed by atoms with Gasteiger partial charge in [0.25, 0.3) is 11.7 Å². The molecule has 3 aromatic carbocycles. The van der Waals surface area contributed by atoms with Gasteiger partial charge in [-0.25, -0.2) is 0 Å². The number of hydrogen-bond donors (Lipinski definition) is 1. The predicted molar refractivity (Wildman–Crippen MR) is 150 cm³/mol. The van der Waals surface area contributed by atoms with Gasteiger partial charge in [-0.2, -0.15) is 0 Å². The Balaban J connectivity index is 1.63. The lowest BCUT2D eigenvalue weighted by Gasteiger charge is -2.25. The Hall–Kier alpha value is -4.36. The van der Waals surface area contributed by atoms with E-state index in [1.807, 2.05) is 31.2 Å². The molecule has 1 amide bonds. The molecule has 4 rings (SSSR count). The molecule has 1 saturated heterocycles. The van der Waals surface area contributed by atoms with Crippen molar-refractivity contribution < 1.29 is 28.9 Å². The van der Waals surface area contributed by atoms with E-state index in [0.29, 0.717) is 55.4 Å². The summed E-state index contributed by atoms with van der Waals surface area (Å²) in [6, 6.07) is 21.2. The predicted octanol–water partition coefficient (Wildman–Crippen LogP) is 5.60. The molecule has 1 N–H and O–H groups in total. The number of ether oxygens (including phenoxy) is 3. The summed E-state index contributed by atoms with van der Waals surface area (Å²) in [5.41, 5.74) is 3.38. The number of amides is 1. The van der Waals surface area contributed by atoms with Crippen LogP contribution in [0.4, 0.5) is 0 Å². The molecule has 1 aliphatic rings. The van der Waals surface area contributed by atoms with Crippen molar-refractivity contribution in [3.63, 3.8) is 0 Å². The van der Waals surface area contributed by atoms with Gasteiger partial charge in [0.2, 0.25) is 0 Å². The van der Waals surface area contributed by atoms with Crippen LogP contribution in [-0.4, -0.2) is 48.6 Å². The molecule has 0 saturated carbocycles. The summed E-state index contributed by atoms with van der Waals surface area (Å²) >= 11 is 0. The summed E-state index contributed by atoms with van der Waals surface area (Å²) in [6.45, 7) is 7.20. The lowest BCUT2D eigenvalue weighted by molar-refractivity contribution is -0.140. The molecule has 0 aliphatic carbocycles. The van der Waals surface area contributed by atoms with E-state index in [-0.39, 0.29) is 11.3 Å². The summed E-state index contributed by atoms with van der Waals surface area (Å²) in [7, 11) is 1.59. The highest BCUT2D eigenvalue weighted by atomic mass is 16.5. The summed E-state index contributed by atoms with van der Waals surface area (Å²) in [5.74, 6) is -0.340. The molecule has 1 aliphatic heterocycles. The first-order valence-corrected chi connectivity index (χ1v) is 12.8. The number of nitrogens with zero attached hydrogens (tertiary/aromatic N) is 1. The number of ketones is 1. The average Bonchev–Trinajstić information content (AvgIpc) is 3.21. The van der Waals surface area contributed by atoms with Crippen molar-refractivity contribution in [3.05, 3.63) is 113 Å². The summed E-state index contributed by atoms with van der Waals surface area (Å²) in [4.78, 5) is 27.8. The van der Waals surface area contributed by atoms with Crippen LogP contribution >= 0.6 is 0 Å². The van der Waals surface area contributed by atoms with Crippen molar-refractivity contribution in [1.82, 2.24) is 4.90 Å². The number of Topliss-reactive ketones (excluding diaryl/α,β-unsaturated/α-hetero) is 1. The number of carbonyl (C=O) groups excluding carboxylic acids is 2. The van der Waals surface area contributed by atoms with Gasteiger partial charge >= 0.3 is 0 Å². The van der Waals surface area contributed by atoms with Gasteiger partial charge in [0, 0.05) is 25.8 Å². The topological polar surface area (TPSA) is 85.3 Å². The maximum absolute atomic E-state index is 13.2. The molecular formula is C32H33NO6. The minimum atomic E-state index is -0.743. The Labute approximate surface area is 228 Å². The molecule has 1 fully saturated rings. The smallest absolute Gasteiger partial charge is 0.295 e. The number of rotatable bonds is 12. The molecule has 1 heterocycles. The minimum absolute atomic E-state index is 0.0470. The molecule has 39 heavy (non-hydrogen) atoms. The molecule has 1 unspecified atom stereocenters. The molecule has 0 spiro atoms. The Bertz CT molecular complexity index is 1340. The van der Waals surface area contributed by atoms with Crippen molar-refractivity contribution >= 4 is 17.4 Å². The maximum atomic E-state index is 13.2. The number of aliphatic hydroxyl groups is 1. The van der Waals surface area contributed by atoms with Crippen LogP contribution in [0.2, 0.25) is 0 Å². The molecule has 202 valence electrons. The fourth-order valence-corrected chi connectivity index (χ4v) is 4.54. The number of hydrogen-bond acceptors (Lipinski definition) is 6. The first-order valence-electron chi connectivity index (χ1n) is 12.8. The molecule has 7 nitrogen and oxygen atoms in total. The second-order valence-electron chi connectivity index (χ2n) is 9.25. The number of methoxy groups -OCH3 is 1. The third-order valence-corrected chi connectivity index (χ3v) is 6.63. The van der Waals surface area contributed by atoms with Gasteiger partial charge in [0.15, 0.2) is 0 Å². The van der Waals surface area contributed by atoms with Gasteiger partial charge in [-0.15, -0.1) is 0 Å². The van der Waals surface area contributed by atoms with Gasteiger partial charge in [0.1, 0.15) is 30.5 Å². The van der Waals surface area contributed by atoms with Crippen molar-refractivity contribution in [2.24, 2.45) is 0 Å². The molecule has 0 aromatic heterocycles.